The zero-order valence-electron chi connectivity index (χ0n) is 16.4. The predicted octanol–water partition coefficient (Wildman–Crippen LogP) is 0.800. The van der Waals surface area contributed by atoms with Crippen molar-refractivity contribution < 1.29 is 9.90 Å². The van der Waals surface area contributed by atoms with Crippen LogP contribution in [0.15, 0.2) is 24.3 Å². The lowest BCUT2D eigenvalue weighted by atomic mass is 10.2. The maximum absolute atomic E-state index is 11.9. The maximum Gasteiger partial charge on any atom is 0.251 e. The van der Waals surface area contributed by atoms with Crippen molar-refractivity contribution in [3.63, 3.8) is 0 Å². The van der Waals surface area contributed by atoms with Crippen LogP contribution in [0, 0.1) is 0 Å². The summed E-state index contributed by atoms with van der Waals surface area (Å²) >= 11 is 0. The SMILES string of the molecule is NCCCCNCCCNCCCNCCCNC(=O)c1ccc(O)cc1. The molecular weight excluding hydrogens is 342 g/mol. The topological polar surface area (TPSA) is 111 Å². The summed E-state index contributed by atoms with van der Waals surface area (Å²) in [5.41, 5.74) is 6.02. The summed E-state index contributed by atoms with van der Waals surface area (Å²) < 4.78 is 0. The van der Waals surface area contributed by atoms with Gasteiger partial charge in [0.05, 0.1) is 0 Å². The minimum Gasteiger partial charge on any atom is -0.508 e. The van der Waals surface area contributed by atoms with Gasteiger partial charge in [0.2, 0.25) is 0 Å². The lowest BCUT2D eigenvalue weighted by Gasteiger charge is -2.08. The number of rotatable bonds is 17. The molecule has 0 fully saturated rings. The van der Waals surface area contributed by atoms with Gasteiger partial charge in [-0.3, -0.25) is 4.79 Å². The average Bonchev–Trinajstić information content (AvgIpc) is 2.68. The Morgan fingerprint density at radius 2 is 1.22 bits per heavy atom. The van der Waals surface area contributed by atoms with Crippen LogP contribution >= 0.6 is 0 Å². The molecular formula is C20H37N5O2. The molecule has 7 heteroatoms. The van der Waals surface area contributed by atoms with Gasteiger partial charge >= 0.3 is 0 Å². The van der Waals surface area contributed by atoms with Gasteiger partial charge in [0.25, 0.3) is 5.91 Å². The number of hydrogen-bond donors (Lipinski definition) is 6. The van der Waals surface area contributed by atoms with Gasteiger partial charge in [-0.05, 0) is 102 Å². The van der Waals surface area contributed by atoms with Crippen molar-refractivity contribution in [2.24, 2.45) is 5.73 Å². The minimum absolute atomic E-state index is 0.104. The van der Waals surface area contributed by atoms with Crippen LogP contribution in [0.5, 0.6) is 5.75 Å². The quantitative estimate of drug-likeness (QED) is 0.223. The second kappa shape index (κ2) is 16.5. The first-order valence-corrected chi connectivity index (χ1v) is 10.1. The third-order valence-corrected chi connectivity index (χ3v) is 4.17. The highest BCUT2D eigenvalue weighted by Gasteiger charge is 2.03. The van der Waals surface area contributed by atoms with Crippen LogP contribution in [0.1, 0.15) is 42.5 Å². The summed E-state index contributed by atoms with van der Waals surface area (Å²) in [5.74, 6) is 0.0632. The van der Waals surface area contributed by atoms with Crippen molar-refractivity contribution in [1.82, 2.24) is 21.3 Å². The molecule has 1 aromatic rings. The van der Waals surface area contributed by atoms with Crippen LogP contribution in [-0.2, 0) is 0 Å². The molecule has 0 aliphatic rings. The number of amides is 1. The second-order valence-corrected chi connectivity index (χ2v) is 6.61. The van der Waals surface area contributed by atoms with Crippen molar-refractivity contribution in [3.8, 4) is 5.75 Å². The van der Waals surface area contributed by atoms with Gasteiger partial charge < -0.3 is 32.1 Å². The van der Waals surface area contributed by atoms with Crippen molar-refractivity contribution >= 4 is 5.91 Å². The Kier molecular flexibility index (Phi) is 14.3. The van der Waals surface area contributed by atoms with E-state index in [1.807, 2.05) is 0 Å². The Balaban J connectivity index is 1.80. The molecule has 0 saturated carbocycles. The van der Waals surface area contributed by atoms with E-state index in [4.69, 9.17) is 5.73 Å². The molecule has 0 aromatic heterocycles. The number of unbranched alkanes of at least 4 members (excludes halogenated alkanes) is 1. The van der Waals surface area contributed by atoms with Crippen LogP contribution in [-0.4, -0.2) is 63.4 Å². The fraction of sp³-hybridized carbons (Fsp3) is 0.650. The van der Waals surface area contributed by atoms with E-state index < -0.39 is 0 Å². The summed E-state index contributed by atoms with van der Waals surface area (Å²) in [6, 6.07) is 6.27. The zero-order chi connectivity index (χ0) is 19.6. The molecule has 154 valence electrons. The molecule has 7 N–H and O–H groups in total. The highest BCUT2D eigenvalue weighted by Crippen LogP contribution is 2.09. The molecule has 1 aromatic carbocycles. The van der Waals surface area contributed by atoms with Gasteiger partial charge in [0.15, 0.2) is 0 Å². The number of carbonyl (C=O) groups excluding carboxylic acids is 1. The summed E-state index contributed by atoms with van der Waals surface area (Å²) in [7, 11) is 0. The molecule has 27 heavy (non-hydrogen) atoms. The van der Waals surface area contributed by atoms with Gasteiger partial charge in [-0.2, -0.15) is 0 Å². The van der Waals surface area contributed by atoms with Crippen LogP contribution in [0.4, 0.5) is 0 Å². The lowest BCUT2D eigenvalue weighted by molar-refractivity contribution is 0.0953. The monoisotopic (exact) mass is 379 g/mol. The Morgan fingerprint density at radius 1 is 0.741 bits per heavy atom. The van der Waals surface area contributed by atoms with E-state index in [2.05, 4.69) is 21.3 Å². The maximum atomic E-state index is 11.9. The van der Waals surface area contributed by atoms with E-state index in [0.717, 1.165) is 77.9 Å². The number of nitrogens with one attached hydrogen (secondary N) is 4. The molecule has 0 bridgehead atoms. The highest BCUT2D eigenvalue weighted by atomic mass is 16.3. The van der Waals surface area contributed by atoms with Crippen LogP contribution in [0.3, 0.4) is 0 Å². The molecule has 0 aliphatic heterocycles. The average molecular weight is 380 g/mol. The van der Waals surface area contributed by atoms with E-state index in [1.165, 1.54) is 12.1 Å². The normalized spacial score (nSPS) is 10.9. The summed E-state index contributed by atoms with van der Waals surface area (Å²) in [4.78, 5) is 11.9. The minimum atomic E-state index is -0.104. The Bertz CT molecular complexity index is 482. The van der Waals surface area contributed by atoms with Crippen molar-refractivity contribution in [1.29, 1.82) is 0 Å². The smallest absolute Gasteiger partial charge is 0.251 e. The first-order chi connectivity index (χ1) is 13.2. The molecule has 0 unspecified atom stereocenters. The van der Waals surface area contributed by atoms with E-state index in [0.29, 0.717) is 12.1 Å². The second-order valence-electron chi connectivity index (χ2n) is 6.61. The van der Waals surface area contributed by atoms with Crippen LogP contribution in [0.2, 0.25) is 0 Å². The summed E-state index contributed by atoms with van der Waals surface area (Å²) in [6.07, 6.45) is 5.41. The van der Waals surface area contributed by atoms with Gasteiger partial charge in [-0.1, -0.05) is 0 Å². The molecule has 0 saturated heterocycles. The Labute approximate surface area is 163 Å². The lowest BCUT2D eigenvalue weighted by Crippen LogP contribution is -2.28. The highest BCUT2D eigenvalue weighted by molar-refractivity contribution is 5.94. The van der Waals surface area contributed by atoms with Crippen molar-refractivity contribution in [2.45, 2.75) is 32.1 Å². The van der Waals surface area contributed by atoms with Gasteiger partial charge in [-0.15, -0.1) is 0 Å². The number of hydrogen-bond acceptors (Lipinski definition) is 6. The fourth-order valence-corrected chi connectivity index (χ4v) is 2.58. The number of carbonyl (C=O) groups is 1. The fourth-order valence-electron chi connectivity index (χ4n) is 2.58. The van der Waals surface area contributed by atoms with Gasteiger partial charge in [0, 0.05) is 12.1 Å². The number of phenolic OH excluding ortho intramolecular Hbond substituents is 1. The Hall–Kier alpha value is -1.67. The standard InChI is InChI=1S/C20H37N5O2/c21-10-1-2-11-22-12-3-13-23-14-4-15-24-16-5-17-25-20(27)18-6-8-19(26)9-7-18/h6-9,22-24,26H,1-5,10-17,21H2,(H,25,27). The largest absolute Gasteiger partial charge is 0.508 e. The van der Waals surface area contributed by atoms with E-state index in [9.17, 15) is 9.90 Å². The molecule has 0 atom stereocenters. The first-order valence-electron chi connectivity index (χ1n) is 10.1. The van der Waals surface area contributed by atoms with Crippen molar-refractivity contribution in [2.75, 3.05) is 52.4 Å². The summed E-state index contributed by atoms with van der Waals surface area (Å²) in [5, 5.41) is 22.4. The van der Waals surface area contributed by atoms with Crippen LogP contribution in [0.25, 0.3) is 0 Å². The molecule has 0 spiro atoms. The number of benzene rings is 1. The molecule has 0 aliphatic carbocycles. The summed E-state index contributed by atoms with van der Waals surface area (Å²) in [6.45, 7) is 7.50. The van der Waals surface area contributed by atoms with Gasteiger partial charge in [0.1, 0.15) is 5.75 Å². The molecule has 1 rings (SSSR count). The number of nitrogens with two attached hydrogens (primary N) is 1. The van der Waals surface area contributed by atoms with Crippen LogP contribution < -0.4 is 27.0 Å². The zero-order valence-corrected chi connectivity index (χ0v) is 16.4. The molecule has 1 amide bonds. The number of phenols is 1. The predicted molar refractivity (Wildman–Crippen MR) is 111 cm³/mol. The van der Waals surface area contributed by atoms with E-state index in [1.54, 1.807) is 12.1 Å². The van der Waals surface area contributed by atoms with E-state index in [-0.39, 0.29) is 11.7 Å². The molecule has 0 heterocycles. The molecule has 7 nitrogen and oxygen atoms in total. The first kappa shape index (κ1) is 23.4. The Morgan fingerprint density at radius 3 is 1.74 bits per heavy atom. The van der Waals surface area contributed by atoms with Gasteiger partial charge in [-0.25, -0.2) is 0 Å². The molecule has 0 radical (unpaired) electrons. The third-order valence-electron chi connectivity index (χ3n) is 4.17. The number of aromatic hydroxyl groups is 1. The third kappa shape index (κ3) is 13.2. The van der Waals surface area contributed by atoms with E-state index >= 15 is 0 Å². The van der Waals surface area contributed by atoms with Crippen molar-refractivity contribution in [3.05, 3.63) is 29.8 Å².